The number of hydrogen-bond donors (Lipinski definition) is 2. The Morgan fingerprint density at radius 1 is 1.33 bits per heavy atom. The van der Waals surface area contributed by atoms with Crippen LogP contribution in [0.25, 0.3) is 0 Å². The Morgan fingerprint density at radius 3 is 2.95 bits per heavy atom. The maximum Gasteiger partial charge on any atom is 0.334 e. The van der Waals surface area contributed by atoms with E-state index in [4.69, 9.17) is 9.84 Å². The zero-order valence-corrected chi connectivity index (χ0v) is 11.6. The summed E-state index contributed by atoms with van der Waals surface area (Å²) in [5, 5.41) is 12.3. The molecule has 1 saturated heterocycles. The van der Waals surface area contributed by atoms with E-state index in [1.165, 1.54) is 5.56 Å². The van der Waals surface area contributed by atoms with Gasteiger partial charge in [-0.15, -0.1) is 0 Å². The molecular weight excluding hydrogens is 272 g/mol. The number of aliphatic carboxylic acids is 1. The summed E-state index contributed by atoms with van der Waals surface area (Å²) in [6.45, 7) is 1.55. The van der Waals surface area contributed by atoms with Gasteiger partial charge in [-0.05, 0) is 17.5 Å². The summed E-state index contributed by atoms with van der Waals surface area (Å²) in [4.78, 5) is 25.3. The molecule has 2 heterocycles. The largest absolute Gasteiger partial charge is 0.479 e. The van der Waals surface area contributed by atoms with E-state index in [0.717, 1.165) is 18.5 Å². The molecule has 0 aliphatic carbocycles. The van der Waals surface area contributed by atoms with Crippen LogP contribution in [-0.4, -0.2) is 54.2 Å². The normalized spacial score (nSPS) is 25.2. The number of carboxylic acids is 1. The second-order valence-electron chi connectivity index (χ2n) is 5.32. The zero-order chi connectivity index (χ0) is 14.8. The van der Waals surface area contributed by atoms with Crippen LogP contribution in [0.1, 0.15) is 17.2 Å². The monoisotopic (exact) mass is 290 g/mol. The van der Waals surface area contributed by atoms with Gasteiger partial charge >= 0.3 is 5.97 Å². The fourth-order valence-electron chi connectivity index (χ4n) is 2.91. The Morgan fingerprint density at radius 2 is 2.14 bits per heavy atom. The number of fused-ring (bicyclic) bond motifs is 1. The Kier molecular flexibility index (Phi) is 3.90. The first kappa shape index (κ1) is 14.0. The van der Waals surface area contributed by atoms with Crippen LogP contribution in [0.5, 0.6) is 0 Å². The van der Waals surface area contributed by atoms with Gasteiger partial charge in [-0.2, -0.15) is 0 Å². The number of carboxylic acid groups (broad SMARTS) is 1. The van der Waals surface area contributed by atoms with Crippen LogP contribution in [0.4, 0.5) is 0 Å². The van der Waals surface area contributed by atoms with Crippen molar-refractivity contribution in [3.8, 4) is 0 Å². The van der Waals surface area contributed by atoms with Crippen molar-refractivity contribution in [2.24, 2.45) is 0 Å². The highest BCUT2D eigenvalue weighted by Crippen LogP contribution is 2.25. The first-order valence-electron chi connectivity index (χ1n) is 7.11. The number of hydrogen-bond acceptors (Lipinski definition) is 4. The second-order valence-corrected chi connectivity index (χ2v) is 5.32. The average Bonchev–Trinajstić information content (AvgIpc) is 2.53. The van der Waals surface area contributed by atoms with Crippen LogP contribution in [0, 0.1) is 0 Å². The molecule has 112 valence electrons. The smallest absolute Gasteiger partial charge is 0.334 e. The number of carbonyl (C=O) groups is 2. The highest BCUT2D eigenvalue weighted by molar-refractivity contribution is 5.85. The third-order valence-electron chi connectivity index (χ3n) is 4.01. The quantitative estimate of drug-likeness (QED) is 0.812. The van der Waals surface area contributed by atoms with E-state index < -0.39 is 12.1 Å². The first-order valence-corrected chi connectivity index (χ1v) is 7.11. The van der Waals surface area contributed by atoms with Crippen molar-refractivity contribution in [3.63, 3.8) is 0 Å². The number of morpholine rings is 1. The highest BCUT2D eigenvalue weighted by Gasteiger charge is 2.34. The van der Waals surface area contributed by atoms with Gasteiger partial charge in [-0.3, -0.25) is 4.79 Å². The number of benzene rings is 1. The fraction of sp³-hybridized carbons (Fsp3) is 0.467. The summed E-state index contributed by atoms with van der Waals surface area (Å²) in [6, 6.07) is 7.50. The summed E-state index contributed by atoms with van der Waals surface area (Å²) < 4.78 is 5.16. The van der Waals surface area contributed by atoms with Crippen LogP contribution in [0.15, 0.2) is 24.3 Å². The molecular formula is C15H18N2O4. The summed E-state index contributed by atoms with van der Waals surface area (Å²) in [6.07, 6.45) is -0.0255. The van der Waals surface area contributed by atoms with Crippen LogP contribution < -0.4 is 5.32 Å². The van der Waals surface area contributed by atoms with Gasteiger partial charge < -0.3 is 20.1 Å². The van der Waals surface area contributed by atoms with Gasteiger partial charge in [0.15, 0.2) is 6.10 Å². The van der Waals surface area contributed by atoms with Crippen LogP contribution in [0.3, 0.4) is 0 Å². The standard InChI is InChI=1S/C15H18N2O4/c18-14(17-7-8-21-12(9-17)15(19)20)13-11-4-2-1-3-10(11)5-6-16-13/h1-4,12-13,16H,5-9H2,(H,19,20). The number of carbonyl (C=O) groups excluding carboxylic acids is 1. The molecule has 1 amide bonds. The molecule has 1 fully saturated rings. The van der Waals surface area contributed by atoms with Crippen molar-refractivity contribution in [2.75, 3.05) is 26.2 Å². The summed E-state index contributed by atoms with van der Waals surface area (Å²) in [7, 11) is 0. The number of nitrogens with one attached hydrogen (secondary N) is 1. The van der Waals surface area contributed by atoms with E-state index in [2.05, 4.69) is 5.32 Å². The van der Waals surface area contributed by atoms with E-state index in [-0.39, 0.29) is 25.1 Å². The maximum absolute atomic E-state index is 12.7. The molecule has 6 nitrogen and oxygen atoms in total. The number of nitrogens with zero attached hydrogens (tertiary/aromatic N) is 1. The van der Waals surface area contributed by atoms with Crippen molar-refractivity contribution in [3.05, 3.63) is 35.4 Å². The average molecular weight is 290 g/mol. The number of amides is 1. The van der Waals surface area contributed by atoms with Crippen molar-refractivity contribution in [2.45, 2.75) is 18.6 Å². The summed E-state index contributed by atoms with van der Waals surface area (Å²) in [5.41, 5.74) is 2.17. The molecule has 0 aromatic heterocycles. The molecule has 0 bridgehead atoms. The van der Waals surface area contributed by atoms with Gasteiger partial charge in [0, 0.05) is 13.1 Å². The fourth-order valence-corrected chi connectivity index (χ4v) is 2.91. The predicted octanol–water partition coefficient (Wildman–Crippen LogP) is 0.185. The molecule has 2 aliphatic heterocycles. The zero-order valence-electron chi connectivity index (χ0n) is 11.6. The van der Waals surface area contributed by atoms with Gasteiger partial charge in [0.2, 0.25) is 5.91 Å². The second kappa shape index (κ2) is 5.83. The van der Waals surface area contributed by atoms with Gasteiger partial charge in [0.25, 0.3) is 0 Å². The van der Waals surface area contributed by atoms with E-state index in [0.29, 0.717) is 6.54 Å². The summed E-state index contributed by atoms with van der Waals surface area (Å²) >= 11 is 0. The van der Waals surface area contributed by atoms with Crippen LogP contribution in [-0.2, 0) is 20.7 Å². The van der Waals surface area contributed by atoms with Gasteiger partial charge in [0.1, 0.15) is 6.04 Å². The predicted molar refractivity (Wildman–Crippen MR) is 74.8 cm³/mol. The van der Waals surface area contributed by atoms with Crippen molar-refractivity contribution < 1.29 is 19.4 Å². The minimum absolute atomic E-state index is 0.0725. The van der Waals surface area contributed by atoms with E-state index in [1.54, 1.807) is 4.90 Å². The van der Waals surface area contributed by atoms with Crippen molar-refractivity contribution in [1.82, 2.24) is 10.2 Å². The Hall–Kier alpha value is -1.92. The molecule has 2 unspecified atom stereocenters. The topological polar surface area (TPSA) is 78.9 Å². The van der Waals surface area contributed by atoms with E-state index in [1.807, 2.05) is 24.3 Å². The van der Waals surface area contributed by atoms with Crippen molar-refractivity contribution in [1.29, 1.82) is 0 Å². The minimum Gasteiger partial charge on any atom is -0.479 e. The lowest BCUT2D eigenvalue weighted by molar-refractivity contribution is -0.160. The highest BCUT2D eigenvalue weighted by atomic mass is 16.5. The summed E-state index contributed by atoms with van der Waals surface area (Å²) in [5.74, 6) is -1.10. The third-order valence-corrected chi connectivity index (χ3v) is 4.01. The number of ether oxygens (including phenoxy) is 1. The van der Waals surface area contributed by atoms with Crippen molar-refractivity contribution >= 4 is 11.9 Å². The molecule has 1 aromatic rings. The molecule has 6 heteroatoms. The van der Waals surface area contributed by atoms with Gasteiger partial charge in [-0.25, -0.2) is 4.79 Å². The Bertz CT molecular complexity index is 560. The number of rotatable bonds is 2. The molecule has 2 atom stereocenters. The van der Waals surface area contributed by atoms with E-state index >= 15 is 0 Å². The third kappa shape index (κ3) is 2.77. The molecule has 0 radical (unpaired) electrons. The Balaban J connectivity index is 1.78. The molecule has 2 aliphatic rings. The Labute approximate surface area is 122 Å². The molecule has 1 aromatic carbocycles. The lowest BCUT2D eigenvalue weighted by atomic mass is 9.93. The molecule has 0 spiro atoms. The minimum atomic E-state index is -1.02. The lowest BCUT2D eigenvalue weighted by Crippen LogP contribution is -2.52. The molecule has 2 N–H and O–H groups in total. The van der Waals surface area contributed by atoms with E-state index in [9.17, 15) is 9.59 Å². The first-order chi connectivity index (χ1) is 10.2. The maximum atomic E-state index is 12.7. The molecule has 3 rings (SSSR count). The van der Waals surface area contributed by atoms with Crippen LogP contribution in [0.2, 0.25) is 0 Å². The van der Waals surface area contributed by atoms with Gasteiger partial charge in [0.05, 0.1) is 13.2 Å². The van der Waals surface area contributed by atoms with Gasteiger partial charge in [-0.1, -0.05) is 24.3 Å². The molecule has 21 heavy (non-hydrogen) atoms. The molecule has 0 saturated carbocycles. The van der Waals surface area contributed by atoms with Crippen LogP contribution >= 0.6 is 0 Å². The SMILES string of the molecule is O=C(O)C1CN(C(=O)C2NCCc3ccccc32)CCO1. The lowest BCUT2D eigenvalue weighted by Gasteiger charge is -2.35.